The quantitative estimate of drug-likeness (QED) is 0.161. The van der Waals surface area contributed by atoms with Gasteiger partial charge in [0, 0.05) is 17.3 Å². The molecule has 0 amide bonds. The van der Waals surface area contributed by atoms with Crippen LogP contribution in [-0.2, 0) is 11.0 Å². The van der Waals surface area contributed by atoms with E-state index in [0.29, 0.717) is 33.4 Å². The van der Waals surface area contributed by atoms with Crippen molar-refractivity contribution in [3.8, 4) is 6.07 Å². The van der Waals surface area contributed by atoms with Crippen LogP contribution in [0.25, 0.3) is 10.9 Å². The Balaban J connectivity index is 1.46. The maximum Gasteiger partial charge on any atom is 0.263 e. The third kappa shape index (κ3) is 5.24. The van der Waals surface area contributed by atoms with Gasteiger partial charge in [-0.05, 0) is 54.7 Å². The van der Waals surface area contributed by atoms with Gasteiger partial charge in [-0.2, -0.15) is 5.26 Å². The summed E-state index contributed by atoms with van der Waals surface area (Å²) in [7, 11) is 6.98. The Bertz CT molecular complexity index is 1860. The van der Waals surface area contributed by atoms with Crippen LogP contribution in [0.15, 0.2) is 79.1 Å². The molecule has 44 heavy (non-hydrogen) atoms. The molecule has 5 aromatic rings. The van der Waals surface area contributed by atoms with Gasteiger partial charge in [-0.15, -0.1) is 5.10 Å². The number of benzene rings is 3. The molecule has 3 aromatic carbocycles. The molecule has 6 rings (SSSR count). The number of rotatable bonds is 10. The fourth-order valence-electron chi connectivity index (χ4n) is 5.41. The van der Waals surface area contributed by atoms with Crippen LogP contribution in [0.5, 0.6) is 0 Å². The molecule has 1 aliphatic rings. The second kappa shape index (κ2) is 11.5. The molecule has 1 saturated carbocycles. The number of anilines is 2. The van der Waals surface area contributed by atoms with Gasteiger partial charge in [0.25, 0.3) is 6.43 Å². The standard InChI is InChI=1S/C32H26BClF3N7/c1-2-26(19-6-4-3-5-7-19)40-28-20(16-38)17-39-29-24(28)14-23(15-25(29)34)41-32(33,21-8-10-22(35)11-9-21)27-18-44(43-42-27)31(12-13-31)30(36)37/h3-11,14-15,17-18,26,30,41H,2,12-13H2,1H3,(H,39,40)/t26-,32?/m1/s1. The second-order valence-corrected chi connectivity index (χ2v) is 11.3. The zero-order valence-corrected chi connectivity index (χ0v) is 24.4. The van der Waals surface area contributed by atoms with Crippen molar-refractivity contribution in [2.45, 2.75) is 49.6 Å². The predicted octanol–water partition coefficient (Wildman–Crippen LogP) is 7.29. The van der Waals surface area contributed by atoms with Gasteiger partial charge in [-0.25, -0.2) is 17.9 Å². The van der Waals surface area contributed by atoms with Crippen molar-refractivity contribution in [1.29, 1.82) is 5.26 Å². The number of hydrogen-bond donors (Lipinski definition) is 2. The van der Waals surface area contributed by atoms with Crippen LogP contribution in [0, 0.1) is 17.1 Å². The van der Waals surface area contributed by atoms with E-state index in [-0.39, 0.29) is 29.6 Å². The highest BCUT2D eigenvalue weighted by Gasteiger charge is 2.54. The van der Waals surface area contributed by atoms with Crippen LogP contribution in [-0.4, -0.2) is 34.2 Å². The summed E-state index contributed by atoms with van der Waals surface area (Å²) in [6.45, 7) is 2.04. The molecule has 2 heterocycles. The van der Waals surface area contributed by atoms with E-state index in [1.54, 1.807) is 12.1 Å². The summed E-state index contributed by atoms with van der Waals surface area (Å²) in [6.07, 6.45) is 1.51. The van der Waals surface area contributed by atoms with Crippen molar-refractivity contribution in [2.24, 2.45) is 0 Å². The number of alkyl halides is 2. The van der Waals surface area contributed by atoms with E-state index < -0.39 is 23.2 Å². The summed E-state index contributed by atoms with van der Waals surface area (Å²) in [5.41, 5.74) is 0.286. The molecule has 1 aliphatic carbocycles. The van der Waals surface area contributed by atoms with Crippen molar-refractivity contribution >= 4 is 41.7 Å². The van der Waals surface area contributed by atoms with Crippen molar-refractivity contribution in [2.75, 3.05) is 10.6 Å². The smallest absolute Gasteiger partial charge is 0.263 e. The molecule has 12 heteroatoms. The van der Waals surface area contributed by atoms with Gasteiger partial charge in [0.1, 0.15) is 31.0 Å². The van der Waals surface area contributed by atoms with Gasteiger partial charge in [-0.1, -0.05) is 66.2 Å². The summed E-state index contributed by atoms with van der Waals surface area (Å²) in [6, 6.07) is 20.8. The third-order valence-electron chi connectivity index (χ3n) is 8.14. The topological polar surface area (TPSA) is 91.5 Å². The van der Waals surface area contributed by atoms with Gasteiger partial charge in [-0.3, -0.25) is 4.98 Å². The first-order chi connectivity index (χ1) is 21.2. The van der Waals surface area contributed by atoms with Crippen molar-refractivity contribution in [3.63, 3.8) is 0 Å². The minimum absolute atomic E-state index is 0.114. The molecule has 2 aromatic heterocycles. The van der Waals surface area contributed by atoms with Gasteiger partial charge in [0.15, 0.2) is 0 Å². The van der Waals surface area contributed by atoms with Gasteiger partial charge in [0.2, 0.25) is 0 Å². The number of nitrogens with zero attached hydrogens (tertiary/aromatic N) is 5. The Hall–Kier alpha value is -4.56. The van der Waals surface area contributed by atoms with Gasteiger partial charge < -0.3 is 10.6 Å². The molecular formula is C32H26BClF3N7. The lowest BCUT2D eigenvalue weighted by Gasteiger charge is -2.32. The Morgan fingerprint density at radius 1 is 1.14 bits per heavy atom. The lowest BCUT2D eigenvalue weighted by atomic mass is 9.69. The molecule has 220 valence electrons. The van der Waals surface area contributed by atoms with E-state index in [0.717, 1.165) is 16.7 Å². The van der Waals surface area contributed by atoms with Crippen LogP contribution in [0.3, 0.4) is 0 Å². The van der Waals surface area contributed by atoms with E-state index in [1.165, 1.54) is 36.7 Å². The summed E-state index contributed by atoms with van der Waals surface area (Å²) < 4.78 is 42.8. The molecular weight excluding hydrogens is 586 g/mol. The second-order valence-electron chi connectivity index (χ2n) is 10.9. The highest BCUT2D eigenvalue weighted by atomic mass is 35.5. The van der Waals surface area contributed by atoms with Crippen molar-refractivity contribution in [1.82, 2.24) is 20.0 Å². The fraction of sp³-hybridized carbons (Fsp3) is 0.250. The van der Waals surface area contributed by atoms with Gasteiger partial charge in [0.05, 0.1) is 39.5 Å². The molecule has 1 fully saturated rings. The largest absolute Gasteiger partial charge is 0.378 e. The number of nitriles is 1. The summed E-state index contributed by atoms with van der Waals surface area (Å²) in [5.74, 6) is -0.474. The molecule has 0 aliphatic heterocycles. The summed E-state index contributed by atoms with van der Waals surface area (Å²) >= 11 is 6.75. The number of fused-ring (bicyclic) bond motifs is 1. The average Bonchev–Trinajstić information content (AvgIpc) is 3.69. The highest BCUT2D eigenvalue weighted by Crippen LogP contribution is 2.48. The summed E-state index contributed by atoms with van der Waals surface area (Å²) in [4.78, 5) is 4.44. The van der Waals surface area contributed by atoms with Crippen LogP contribution >= 0.6 is 11.6 Å². The first-order valence-corrected chi connectivity index (χ1v) is 14.4. The Morgan fingerprint density at radius 2 is 1.86 bits per heavy atom. The number of aromatic nitrogens is 4. The lowest BCUT2D eigenvalue weighted by Crippen LogP contribution is -2.38. The first kappa shape index (κ1) is 29.5. The molecule has 2 radical (unpaired) electrons. The first-order valence-electron chi connectivity index (χ1n) is 14.1. The fourth-order valence-corrected chi connectivity index (χ4v) is 5.68. The Kier molecular flexibility index (Phi) is 7.72. The van der Waals surface area contributed by atoms with Gasteiger partial charge >= 0.3 is 0 Å². The zero-order chi connectivity index (χ0) is 31.1. The molecule has 2 N–H and O–H groups in total. The maximum absolute atomic E-state index is 13.9. The zero-order valence-electron chi connectivity index (χ0n) is 23.6. The lowest BCUT2D eigenvalue weighted by molar-refractivity contribution is 0.0593. The van der Waals surface area contributed by atoms with E-state index in [9.17, 15) is 18.4 Å². The van der Waals surface area contributed by atoms with E-state index in [1.807, 2.05) is 37.3 Å². The molecule has 1 unspecified atom stereocenters. The van der Waals surface area contributed by atoms with Crippen LogP contribution < -0.4 is 10.6 Å². The maximum atomic E-state index is 13.9. The minimum Gasteiger partial charge on any atom is -0.378 e. The number of nitrogens with one attached hydrogen (secondary N) is 2. The Labute approximate surface area is 258 Å². The van der Waals surface area contributed by atoms with E-state index in [4.69, 9.17) is 19.4 Å². The summed E-state index contributed by atoms with van der Waals surface area (Å²) in [5, 5.41) is 25.8. The molecule has 0 saturated heterocycles. The Morgan fingerprint density at radius 3 is 2.50 bits per heavy atom. The van der Waals surface area contributed by atoms with Crippen LogP contribution in [0.4, 0.5) is 24.5 Å². The molecule has 2 atom stereocenters. The van der Waals surface area contributed by atoms with Crippen molar-refractivity contribution < 1.29 is 13.2 Å². The predicted molar refractivity (Wildman–Crippen MR) is 164 cm³/mol. The third-order valence-corrected chi connectivity index (χ3v) is 8.43. The molecule has 0 bridgehead atoms. The number of halogens is 4. The normalized spacial score (nSPS) is 15.8. The molecule has 0 spiro atoms. The monoisotopic (exact) mass is 611 g/mol. The molecule has 7 nitrogen and oxygen atoms in total. The number of hydrogen-bond acceptors (Lipinski definition) is 6. The highest BCUT2D eigenvalue weighted by molar-refractivity contribution is 6.36. The minimum atomic E-state index is -2.63. The number of pyridine rings is 1. The average molecular weight is 612 g/mol. The van der Waals surface area contributed by atoms with E-state index in [2.05, 4.69) is 32.0 Å². The van der Waals surface area contributed by atoms with E-state index >= 15 is 0 Å². The van der Waals surface area contributed by atoms with Crippen molar-refractivity contribution in [3.05, 3.63) is 112 Å². The van der Waals surface area contributed by atoms with Crippen LogP contribution in [0.1, 0.15) is 54.6 Å². The van der Waals surface area contributed by atoms with Crippen LogP contribution in [0.2, 0.25) is 5.02 Å². The SMILES string of the molecule is [B]C(Nc1cc(Cl)c2ncc(C#N)c(N[C@H](CC)c3ccccc3)c2c1)(c1ccc(F)cc1)c1cn(C2(C(F)F)CC2)nn1.